The molecule has 2 rings (SSSR count). The molecule has 0 aliphatic carbocycles. The molecule has 0 aromatic carbocycles. The zero-order valence-electron chi connectivity index (χ0n) is 9.32. The fraction of sp³-hybridized carbons (Fsp3) is 0.545. The quantitative estimate of drug-likeness (QED) is 0.904. The van der Waals surface area contributed by atoms with Gasteiger partial charge in [0.25, 0.3) is 0 Å². The molecular weight excluding hydrogens is 270 g/mol. The number of aromatic nitrogens is 1. The number of hydrogen-bond donors (Lipinski definition) is 1. The first-order valence-electron chi connectivity index (χ1n) is 5.39. The van der Waals surface area contributed by atoms with Crippen LogP contribution in [0.3, 0.4) is 0 Å². The molecular formula is C11H16BrN3O. The highest BCUT2D eigenvalue weighted by Crippen LogP contribution is 2.26. The number of piperidine rings is 1. The van der Waals surface area contributed by atoms with Crippen molar-refractivity contribution < 1.29 is 4.74 Å². The van der Waals surface area contributed by atoms with E-state index in [9.17, 15) is 0 Å². The predicted octanol–water partition coefficient (Wildman–Crippen LogP) is 2.04. The first kappa shape index (κ1) is 11.7. The van der Waals surface area contributed by atoms with Gasteiger partial charge in [-0.2, -0.15) is 0 Å². The average Bonchev–Trinajstić information content (AvgIpc) is 2.29. The molecule has 2 N–H and O–H groups in total. The Morgan fingerprint density at radius 2 is 2.44 bits per heavy atom. The summed E-state index contributed by atoms with van der Waals surface area (Å²) in [6.07, 6.45) is 4.31. The van der Waals surface area contributed by atoms with Crippen LogP contribution >= 0.6 is 15.9 Å². The van der Waals surface area contributed by atoms with Crippen molar-refractivity contribution in [2.24, 2.45) is 0 Å². The van der Waals surface area contributed by atoms with E-state index in [0.717, 1.165) is 36.2 Å². The molecule has 88 valence electrons. The number of pyridine rings is 1. The number of ether oxygens (including phenoxy) is 1. The van der Waals surface area contributed by atoms with Crippen molar-refractivity contribution in [1.29, 1.82) is 0 Å². The fourth-order valence-corrected chi connectivity index (χ4v) is 2.38. The van der Waals surface area contributed by atoms with Gasteiger partial charge in [0, 0.05) is 30.9 Å². The first-order valence-corrected chi connectivity index (χ1v) is 6.18. The van der Waals surface area contributed by atoms with Gasteiger partial charge in [-0.1, -0.05) is 0 Å². The lowest BCUT2D eigenvalue weighted by molar-refractivity contribution is 0.0892. The minimum Gasteiger partial charge on any atom is -0.396 e. The zero-order valence-corrected chi connectivity index (χ0v) is 10.9. The summed E-state index contributed by atoms with van der Waals surface area (Å²) in [4.78, 5) is 6.56. The molecule has 1 aliphatic rings. The second kappa shape index (κ2) is 5.01. The maximum atomic E-state index is 5.96. The van der Waals surface area contributed by atoms with Crippen molar-refractivity contribution in [3.05, 3.63) is 16.7 Å². The average molecular weight is 286 g/mol. The number of nitrogens with zero attached hydrogens (tertiary/aromatic N) is 2. The maximum absolute atomic E-state index is 5.96. The van der Waals surface area contributed by atoms with Crippen LogP contribution in [-0.2, 0) is 4.74 Å². The lowest BCUT2D eigenvalue weighted by Gasteiger charge is -2.33. The third-order valence-corrected chi connectivity index (χ3v) is 3.31. The van der Waals surface area contributed by atoms with Gasteiger partial charge in [0.2, 0.25) is 0 Å². The van der Waals surface area contributed by atoms with Gasteiger partial charge in [-0.05, 0) is 34.8 Å². The normalized spacial score (nSPS) is 21.1. The molecule has 0 amide bonds. The Labute approximate surface area is 104 Å². The molecule has 1 fully saturated rings. The zero-order chi connectivity index (χ0) is 11.5. The molecule has 1 aromatic heterocycles. The molecule has 0 spiro atoms. The van der Waals surface area contributed by atoms with Gasteiger partial charge in [0.15, 0.2) is 5.82 Å². The van der Waals surface area contributed by atoms with Crippen LogP contribution in [0.15, 0.2) is 16.7 Å². The standard InChI is InChI=1S/C11H16BrN3O/c1-16-9-3-2-4-15(7-9)11-10(13)5-8(12)6-14-11/h5-6,9H,2-4,7,13H2,1H3. The number of methoxy groups -OCH3 is 1. The molecule has 0 saturated carbocycles. The molecule has 4 nitrogen and oxygen atoms in total. The number of rotatable bonds is 2. The molecule has 1 atom stereocenters. The molecule has 16 heavy (non-hydrogen) atoms. The molecule has 1 unspecified atom stereocenters. The van der Waals surface area contributed by atoms with E-state index in [0.29, 0.717) is 11.8 Å². The summed E-state index contributed by atoms with van der Waals surface area (Å²) in [5, 5.41) is 0. The predicted molar refractivity (Wildman–Crippen MR) is 68.6 cm³/mol. The number of anilines is 2. The SMILES string of the molecule is COC1CCCN(c2ncc(Br)cc2N)C1. The van der Waals surface area contributed by atoms with Crippen LogP contribution in [0.5, 0.6) is 0 Å². The number of hydrogen-bond acceptors (Lipinski definition) is 4. The van der Waals surface area contributed by atoms with Crippen LogP contribution in [0.25, 0.3) is 0 Å². The lowest BCUT2D eigenvalue weighted by atomic mass is 10.1. The summed E-state index contributed by atoms with van der Waals surface area (Å²) in [6.45, 7) is 1.87. The second-order valence-electron chi connectivity index (χ2n) is 4.01. The van der Waals surface area contributed by atoms with Crippen LogP contribution in [0.1, 0.15) is 12.8 Å². The third kappa shape index (κ3) is 2.47. The minimum absolute atomic E-state index is 0.290. The largest absolute Gasteiger partial charge is 0.396 e. The summed E-state index contributed by atoms with van der Waals surface area (Å²) < 4.78 is 6.30. The van der Waals surface area contributed by atoms with Gasteiger partial charge in [-0.25, -0.2) is 4.98 Å². The minimum atomic E-state index is 0.290. The first-order chi connectivity index (χ1) is 7.70. The maximum Gasteiger partial charge on any atom is 0.151 e. The van der Waals surface area contributed by atoms with Crippen molar-refractivity contribution in [3.63, 3.8) is 0 Å². The highest BCUT2D eigenvalue weighted by molar-refractivity contribution is 9.10. The van der Waals surface area contributed by atoms with Gasteiger partial charge in [0.1, 0.15) is 0 Å². The van der Waals surface area contributed by atoms with E-state index in [4.69, 9.17) is 10.5 Å². The molecule has 1 saturated heterocycles. The molecule has 2 heterocycles. The number of nitrogen functional groups attached to an aromatic ring is 1. The van der Waals surface area contributed by atoms with E-state index in [1.54, 1.807) is 13.3 Å². The van der Waals surface area contributed by atoms with Crippen LogP contribution in [0.2, 0.25) is 0 Å². The summed E-state index contributed by atoms with van der Waals surface area (Å²) >= 11 is 3.36. The van der Waals surface area contributed by atoms with Crippen molar-refractivity contribution in [3.8, 4) is 0 Å². The van der Waals surface area contributed by atoms with E-state index in [1.165, 1.54) is 0 Å². The van der Waals surface area contributed by atoms with Gasteiger partial charge in [-0.3, -0.25) is 0 Å². The highest BCUT2D eigenvalue weighted by Gasteiger charge is 2.21. The Balaban J connectivity index is 2.16. The van der Waals surface area contributed by atoms with Crippen molar-refractivity contribution in [2.75, 3.05) is 30.8 Å². The van der Waals surface area contributed by atoms with E-state index >= 15 is 0 Å². The monoisotopic (exact) mass is 285 g/mol. The second-order valence-corrected chi connectivity index (χ2v) is 4.93. The Morgan fingerprint density at radius 3 is 3.12 bits per heavy atom. The summed E-state index contributed by atoms with van der Waals surface area (Å²) in [6, 6.07) is 1.89. The van der Waals surface area contributed by atoms with Gasteiger partial charge < -0.3 is 15.4 Å². The van der Waals surface area contributed by atoms with Crippen molar-refractivity contribution >= 4 is 27.4 Å². The topological polar surface area (TPSA) is 51.4 Å². The van der Waals surface area contributed by atoms with Crippen LogP contribution in [-0.4, -0.2) is 31.3 Å². The van der Waals surface area contributed by atoms with Crippen LogP contribution in [0.4, 0.5) is 11.5 Å². The molecule has 0 radical (unpaired) electrons. The van der Waals surface area contributed by atoms with E-state index in [1.807, 2.05) is 6.07 Å². The van der Waals surface area contributed by atoms with Crippen molar-refractivity contribution in [2.45, 2.75) is 18.9 Å². The number of halogens is 1. The molecule has 1 aromatic rings. The van der Waals surface area contributed by atoms with E-state index in [-0.39, 0.29) is 0 Å². The van der Waals surface area contributed by atoms with E-state index < -0.39 is 0 Å². The van der Waals surface area contributed by atoms with Crippen LogP contribution in [0, 0.1) is 0 Å². The highest BCUT2D eigenvalue weighted by atomic mass is 79.9. The Bertz CT molecular complexity index is 372. The summed E-state index contributed by atoms with van der Waals surface area (Å²) in [5.74, 6) is 0.866. The van der Waals surface area contributed by atoms with Gasteiger partial charge in [-0.15, -0.1) is 0 Å². The summed E-state index contributed by atoms with van der Waals surface area (Å²) in [5.41, 5.74) is 6.68. The molecule has 1 aliphatic heterocycles. The molecule has 5 heteroatoms. The summed E-state index contributed by atoms with van der Waals surface area (Å²) in [7, 11) is 1.76. The van der Waals surface area contributed by atoms with E-state index in [2.05, 4.69) is 25.8 Å². The Kier molecular flexibility index (Phi) is 3.66. The van der Waals surface area contributed by atoms with Gasteiger partial charge >= 0.3 is 0 Å². The number of nitrogens with two attached hydrogens (primary N) is 1. The Morgan fingerprint density at radius 1 is 1.62 bits per heavy atom. The third-order valence-electron chi connectivity index (χ3n) is 2.87. The fourth-order valence-electron chi connectivity index (χ4n) is 2.03. The Hall–Kier alpha value is -0.810. The van der Waals surface area contributed by atoms with Crippen molar-refractivity contribution in [1.82, 2.24) is 4.98 Å². The lowest BCUT2D eigenvalue weighted by Crippen LogP contribution is -2.40. The van der Waals surface area contributed by atoms with Gasteiger partial charge in [0.05, 0.1) is 11.8 Å². The smallest absolute Gasteiger partial charge is 0.151 e. The molecule has 0 bridgehead atoms. The van der Waals surface area contributed by atoms with Crippen LogP contribution < -0.4 is 10.6 Å².